The highest BCUT2D eigenvalue weighted by Gasteiger charge is 2.51. The molecule has 1 saturated heterocycles. The number of benzene rings is 1. The van der Waals surface area contributed by atoms with Crippen LogP contribution in [0.4, 0.5) is 0 Å². The van der Waals surface area contributed by atoms with Crippen molar-refractivity contribution < 1.29 is 19.3 Å². The number of methoxy groups -OCH3 is 1. The first-order chi connectivity index (χ1) is 10.4. The van der Waals surface area contributed by atoms with Crippen molar-refractivity contribution in [3.8, 4) is 5.75 Å². The third-order valence-electron chi connectivity index (χ3n) is 4.06. The third-order valence-corrected chi connectivity index (χ3v) is 4.06. The van der Waals surface area contributed by atoms with Gasteiger partial charge in [0, 0.05) is 0 Å². The number of ether oxygens (including phenoxy) is 3. The first kappa shape index (κ1) is 17.0. The summed E-state index contributed by atoms with van der Waals surface area (Å²) in [4.78, 5) is 0. The fourth-order valence-corrected chi connectivity index (χ4v) is 2.84. The fraction of sp³-hybridized carbons (Fsp3) is 0.556. The molecule has 0 unspecified atom stereocenters. The summed E-state index contributed by atoms with van der Waals surface area (Å²) in [5.74, 6) is 0.0671. The van der Waals surface area contributed by atoms with Crippen LogP contribution in [-0.2, 0) is 15.1 Å². The summed E-state index contributed by atoms with van der Waals surface area (Å²) in [7, 11) is 1.63. The van der Waals surface area contributed by atoms with Crippen molar-refractivity contribution in [2.75, 3.05) is 13.7 Å². The second-order valence-electron chi connectivity index (χ2n) is 6.14. The maximum atomic E-state index is 10.8. The van der Waals surface area contributed by atoms with E-state index in [4.69, 9.17) is 14.2 Å². The Hall–Kier alpha value is -1.36. The molecule has 1 aromatic carbocycles. The molecule has 0 amide bonds. The molecule has 1 heterocycles. The van der Waals surface area contributed by atoms with E-state index < -0.39 is 17.5 Å². The van der Waals surface area contributed by atoms with E-state index in [1.807, 2.05) is 44.2 Å². The average molecular weight is 306 g/mol. The van der Waals surface area contributed by atoms with Crippen LogP contribution in [0.2, 0.25) is 0 Å². The maximum Gasteiger partial charge on any atom is 0.164 e. The lowest BCUT2D eigenvalue weighted by atomic mass is 9.86. The van der Waals surface area contributed by atoms with Gasteiger partial charge in [-0.2, -0.15) is 0 Å². The van der Waals surface area contributed by atoms with Gasteiger partial charge in [0.05, 0.1) is 19.8 Å². The molecule has 1 N–H and O–H groups in total. The van der Waals surface area contributed by atoms with Gasteiger partial charge in [0.25, 0.3) is 0 Å². The van der Waals surface area contributed by atoms with Crippen molar-refractivity contribution in [3.05, 3.63) is 42.5 Å². The van der Waals surface area contributed by atoms with E-state index in [2.05, 4.69) is 6.58 Å². The summed E-state index contributed by atoms with van der Waals surface area (Å²) >= 11 is 0. The van der Waals surface area contributed by atoms with E-state index >= 15 is 0 Å². The average Bonchev–Trinajstić information content (AvgIpc) is 2.85. The van der Waals surface area contributed by atoms with Crippen LogP contribution in [-0.4, -0.2) is 30.7 Å². The number of aliphatic hydroxyl groups excluding tert-OH is 1. The summed E-state index contributed by atoms with van der Waals surface area (Å²) in [5.41, 5.74) is 0.0710. The maximum absolute atomic E-state index is 10.8. The molecule has 4 heteroatoms. The molecule has 1 aliphatic rings. The summed E-state index contributed by atoms with van der Waals surface area (Å²) < 4.78 is 17.1. The van der Waals surface area contributed by atoms with Gasteiger partial charge in [-0.15, -0.1) is 6.58 Å². The fourth-order valence-electron chi connectivity index (χ4n) is 2.84. The van der Waals surface area contributed by atoms with Gasteiger partial charge in [-0.25, -0.2) is 0 Å². The molecule has 0 spiro atoms. The summed E-state index contributed by atoms with van der Waals surface area (Å²) in [6.07, 6.45) is 3.61. The Bertz CT molecular complexity index is 494. The van der Waals surface area contributed by atoms with Gasteiger partial charge >= 0.3 is 0 Å². The standard InChI is InChI=1S/C18H26O4/c1-5-6-7-8-16(19)18(13-21-17(2,3)22-18)14-9-11-15(20-4)12-10-14/h5,9-12,16,19H,1,6-8,13H2,2-4H3/t16-,18-/m0/s1. The SMILES string of the molecule is C=CCCC[C@H](O)[C@@]1(c2ccc(OC)cc2)COC(C)(C)O1. The van der Waals surface area contributed by atoms with Gasteiger partial charge in [-0.05, 0) is 50.8 Å². The van der Waals surface area contributed by atoms with E-state index in [9.17, 15) is 5.11 Å². The van der Waals surface area contributed by atoms with Crippen LogP contribution >= 0.6 is 0 Å². The number of aliphatic hydroxyl groups is 1. The molecule has 0 saturated carbocycles. The first-order valence-corrected chi connectivity index (χ1v) is 7.71. The van der Waals surface area contributed by atoms with Gasteiger partial charge in [0.15, 0.2) is 5.79 Å². The second kappa shape index (κ2) is 6.82. The van der Waals surface area contributed by atoms with Gasteiger partial charge in [-0.3, -0.25) is 0 Å². The Kier molecular flexibility index (Phi) is 5.27. The predicted molar refractivity (Wildman–Crippen MR) is 85.8 cm³/mol. The van der Waals surface area contributed by atoms with Gasteiger partial charge < -0.3 is 19.3 Å². The van der Waals surface area contributed by atoms with Crippen LogP contribution < -0.4 is 4.74 Å². The molecular weight excluding hydrogens is 280 g/mol. The Morgan fingerprint density at radius 2 is 2.05 bits per heavy atom. The molecule has 2 rings (SSSR count). The van der Waals surface area contributed by atoms with Crippen molar-refractivity contribution in [1.82, 2.24) is 0 Å². The number of allylic oxidation sites excluding steroid dienone is 1. The highest BCUT2D eigenvalue weighted by molar-refractivity contribution is 5.32. The number of unbranched alkanes of at least 4 members (excludes halogenated alkanes) is 1. The molecule has 2 atom stereocenters. The van der Waals surface area contributed by atoms with Crippen LogP contribution in [0.3, 0.4) is 0 Å². The Labute approximate surface area is 132 Å². The van der Waals surface area contributed by atoms with E-state index in [0.29, 0.717) is 13.0 Å². The van der Waals surface area contributed by atoms with Gasteiger partial charge in [-0.1, -0.05) is 18.2 Å². The minimum Gasteiger partial charge on any atom is -0.497 e. The van der Waals surface area contributed by atoms with E-state index in [1.165, 1.54) is 0 Å². The van der Waals surface area contributed by atoms with Crippen LogP contribution in [0.5, 0.6) is 5.75 Å². The Morgan fingerprint density at radius 3 is 2.55 bits per heavy atom. The minimum absolute atomic E-state index is 0.335. The molecule has 0 radical (unpaired) electrons. The lowest BCUT2D eigenvalue weighted by Crippen LogP contribution is -2.43. The van der Waals surface area contributed by atoms with Gasteiger partial charge in [0.2, 0.25) is 0 Å². The molecule has 122 valence electrons. The smallest absolute Gasteiger partial charge is 0.164 e. The summed E-state index contributed by atoms with van der Waals surface area (Å²) in [6.45, 7) is 7.80. The molecule has 1 fully saturated rings. The van der Waals surface area contributed by atoms with Crippen LogP contribution in [0.15, 0.2) is 36.9 Å². The van der Waals surface area contributed by atoms with E-state index in [-0.39, 0.29) is 0 Å². The topological polar surface area (TPSA) is 47.9 Å². The lowest BCUT2D eigenvalue weighted by molar-refractivity contribution is -0.189. The van der Waals surface area contributed by atoms with Crippen LogP contribution in [0.25, 0.3) is 0 Å². The predicted octanol–water partition coefficient (Wildman–Crippen LogP) is 3.39. The lowest BCUT2D eigenvalue weighted by Gasteiger charge is -2.34. The summed E-state index contributed by atoms with van der Waals surface area (Å²) in [5, 5.41) is 10.8. The molecular formula is C18H26O4. The quantitative estimate of drug-likeness (QED) is 0.619. The van der Waals surface area contributed by atoms with Crippen LogP contribution in [0.1, 0.15) is 38.7 Å². The molecule has 0 bridgehead atoms. The zero-order chi connectivity index (χ0) is 16.2. The molecule has 0 aliphatic carbocycles. The zero-order valence-corrected chi connectivity index (χ0v) is 13.7. The monoisotopic (exact) mass is 306 g/mol. The van der Waals surface area contributed by atoms with E-state index in [1.54, 1.807) is 7.11 Å². The first-order valence-electron chi connectivity index (χ1n) is 7.71. The second-order valence-corrected chi connectivity index (χ2v) is 6.14. The highest BCUT2D eigenvalue weighted by Crippen LogP contribution is 2.43. The van der Waals surface area contributed by atoms with Crippen molar-refractivity contribution in [3.63, 3.8) is 0 Å². The molecule has 1 aliphatic heterocycles. The largest absolute Gasteiger partial charge is 0.497 e. The number of hydrogen-bond acceptors (Lipinski definition) is 4. The molecule has 1 aromatic rings. The normalized spacial score (nSPS) is 24.9. The molecule has 22 heavy (non-hydrogen) atoms. The number of hydrogen-bond donors (Lipinski definition) is 1. The van der Waals surface area contributed by atoms with Crippen LogP contribution in [0, 0.1) is 0 Å². The Balaban J connectivity index is 2.27. The van der Waals surface area contributed by atoms with Crippen molar-refractivity contribution >= 4 is 0 Å². The van der Waals surface area contributed by atoms with Crippen molar-refractivity contribution in [2.45, 2.75) is 50.6 Å². The van der Waals surface area contributed by atoms with Crippen molar-refractivity contribution in [2.24, 2.45) is 0 Å². The summed E-state index contributed by atoms with van der Waals surface area (Å²) in [6, 6.07) is 7.62. The third kappa shape index (κ3) is 3.51. The minimum atomic E-state index is -0.836. The van der Waals surface area contributed by atoms with E-state index in [0.717, 1.165) is 24.2 Å². The van der Waals surface area contributed by atoms with Crippen molar-refractivity contribution in [1.29, 1.82) is 0 Å². The zero-order valence-electron chi connectivity index (χ0n) is 13.7. The Morgan fingerprint density at radius 1 is 1.36 bits per heavy atom. The highest BCUT2D eigenvalue weighted by atomic mass is 16.8. The molecule has 4 nitrogen and oxygen atoms in total. The molecule has 0 aromatic heterocycles. The van der Waals surface area contributed by atoms with Gasteiger partial charge in [0.1, 0.15) is 11.4 Å². The number of rotatable bonds is 7.